The lowest BCUT2D eigenvalue weighted by molar-refractivity contribution is -0.137. The van der Waals surface area contributed by atoms with Gasteiger partial charge in [0.15, 0.2) is 0 Å². The van der Waals surface area contributed by atoms with Gasteiger partial charge in [-0.1, -0.05) is 60.7 Å². The molecule has 0 aromatic heterocycles. The van der Waals surface area contributed by atoms with Crippen LogP contribution in [0.25, 0.3) is 0 Å². The number of ether oxygens (including phenoxy) is 1. The standard InChI is InChI=1S/C23H28N2O4/c26-21(27)12-11-20(15-17-7-3-1-4-8-17)25-23(28)24-16-19-13-14-29-22(19)18-9-5-2-6-10-18/h1-10,19-20,22H,11-16H2,(H,26,27)(H2,24,25,28). The number of carbonyl (C=O) groups excluding carboxylic acids is 1. The highest BCUT2D eigenvalue weighted by Gasteiger charge is 2.29. The van der Waals surface area contributed by atoms with Crippen LogP contribution >= 0.6 is 0 Å². The zero-order valence-corrected chi connectivity index (χ0v) is 16.4. The van der Waals surface area contributed by atoms with Crippen LogP contribution in [0.4, 0.5) is 4.79 Å². The fraction of sp³-hybridized carbons (Fsp3) is 0.391. The van der Waals surface area contributed by atoms with E-state index in [4.69, 9.17) is 9.84 Å². The first kappa shape index (κ1) is 20.9. The predicted molar refractivity (Wildman–Crippen MR) is 111 cm³/mol. The minimum atomic E-state index is -0.862. The van der Waals surface area contributed by atoms with Gasteiger partial charge in [-0.25, -0.2) is 4.79 Å². The van der Waals surface area contributed by atoms with Crippen LogP contribution in [0.5, 0.6) is 0 Å². The number of benzene rings is 2. The van der Waals surface area contributed by atoms with Crippen molar-refractivity contribution in [2.45, 2.75) is 37.8 Å². The maximum absolute atomic E-state index is 12.5. The zero-order valence-electron chi connectivity index (χ0n) is 16.4. The van der Waals surface area contributed by atoms with Crippen LogP contribution in [-0.4, -0.2) is 36.3 Å². The Morgan fingerprint density at radius 3 is 2.45 bits per heavy atom. The first-order chi connectivity index (χ1) is 14.1. The average Bonchev–Trinajstić information content (AvgIpc) is 3.20. The van der Waals surface area contributed by atoms with Gasteiger partial charge in [0.2, 0.25) is 0 Å². The molecule has 2 amide bonds. The smallest absolute Gasteiger partial charge is 0.315 e. The third-order valence-corrected chi connectivity index (χ3v) is 5.23. The maximum Gasteiger partial charge on any atom is 0.315 e. The molecular formula is C23H28N2O4. The van der Waals surface area contributed by atoms with Crippen LogP contribution in [0.15, 0.2) is 60.7 Å². The van der Waals surface area contributed by atoms with E-state index in [0.29, 0.717) is 26.0 Å². The highest BCUT2D eigenvalue weighted by atomic mass is 16.5. The van der Waals surface area contributed by atoms with Gasteiger partial charge in [-0.3, -0.25) is 4.79 Å². The summed E-state index contributed by atoms with van der Waals surface area (Å²) < 4.78 is 5.87. The Kier molecular flexibility index (Phi) is 7.64. The molecule has 1 heterocycles. The van der Waals surface area contributed by atoms with Crippen LogP contribution in [0.1, 0.15) is 36.5 Å². The molecule has 2 aromatic carbocycles. The van der Waals surface area contributed by atoms with E-state index in [0.717, 1.165) is 17.5 Å². The molecule has 1 saturated heterocycles. The Bertz CT molecular complexity index is 782. The van der Waals surface area contributed by atoms with E-state index in [-0.39, 0.29) is 30.5 Å². The van der Waals surface area contributed by atoms with Crippen molar-refractivity contribution in [3.05, 3.63) is 71.8 Å². The first-order valence-electron chi connectivity index (χ1n) is 10.1. The molecule has 1 aliphatic rings. The van der Waals surface area contributed by atoms with E-state index in [2.05, 4.69) is 10.6 Å². The van der Waals surface area contributed by atoms with Crippen LogP contribution in [0.2, 0.25) is 0 Å². The molecule has 2 aromatic rings. The Morgan fingerprint density at radius 2 is 1.76 bits per heavy atom. The fourth-order valence-electron chi connectivity index (χ4n) is 3.74. The monoisotopic (exact) mass is 396 g/mol. The number of hydrogen-bond donors (Lipinski definition) is 3. The van der Waals surface area contributed by atoms with Crippen molar-refractivity contribution in [1.82, 2.24) is 10.6 Å². The summed E-state index contributed by atoms with van der Waals surface area (Å²) in [5.41, 5.74) is 2.19. The van der Waals surface area contributed by atoms with Gasteiger partial charge in [-0.05, 0) is 30.4 Å². The third-order valence-electron chi connectivity index (χ3n) is 5.23. The minimum absolute atomic E-state index is 0.0105. The number of carboxylic acids is 1. The molecule has 0 radical (unpaired) electrons. The fourth-order valence-corrected chi connectivity index (χ4v) is 3.74. The van der Waals surface area contributed by atoms with Gasteiger partial charge in [0, 0.05) is 31.5 Å². The van der Waals surface area contributed by atoms with Gasteiger partial charge < -0.3 is 20.5 Å². The Balaban J connectivity index is 1.53. The third kappa shape index (κ3) is 6.61. The highest BCUT2D eigenvalue weighted by Crippen LogP contribution is 2.33. The normalized spacial score (nSPS) is 19.4. The van der Waals surface area contributed by atoms with Gasteiger partial charge in [0.1, 0.15) is 0 Å². The molecule has 0 bridgehead atoms. The van der Waals surface area contributed by atoms with E-state index in [1.807, 2.05) is 60.7 Å². The minimum Gasteiger partial charge on any atom is -0.481 e. The summed E-state index contributed by atoms with van der Waals surface area (Å²) >= 11 is 0. The number of carboxylic acid groups (broad SMARTS) is 1. The number of nitrogens with one attached hydrogen (secondary N) is 2. The van der Waals surface area contributed by atoms with Crippen LogP contribution < -0.4 is 10.6 Å². The number of rotatable bonds is 9. The molecule has 3 N–H and O–H groups in total. The van der Waals surface area contributed by atoms with Gasteiger partial charge >= 0.3 is 12.0 Å². The van der Waals surface area contributed by atoms with Crippen molar-refractivity contribution >= 4 is 12.0 Å². The number of urea groups is 1. The van der Waals surface area contributed by atoms with Crippen molar-refractivity contribution in [2.75, 3.05) is 13.2 Å². The molecule has 3 atom stereocenters. The van der Waals surface area contributed by atoms with Gasteiger partial charge in [-0.15, -0.1) is 0 Å². The predicted octanol–water partition coefficient (Wildman–Crippen LogP) is 3.54. The molecule has 1 fully saturated rings. The van der Waals surface area contributed by atoms with E-state index in [1.165, 1.54) is 0 Å². The Hall–Kier alpha value is -2.86. The summed E-state index contributed by atoms with van der Waals surface area (Å²) in [6.07, 6.45) is 1.89. The highest BCUT2D eigenvalue weighted by molar-refractivity contribution is 5.74. The Labute approximate surface area is 171 Å². The molecule has 154 valence electrons. The Morgan fingerprint density at radius 1 is 1.07 bits per heavy atom. The van der Waals surface area contributed by atoms with Crippen molar-refractivity contribution in [3.63, 3.8) is 0 Å². The maximum atomic E-state index is 12.5. The quantitative estimate of drug-likeness (QED) is 0.605. The lowest BCUT2D eigenvalue weighted by atomic mass is 9.95. The zero-order chi connectivity index (χ0) is 20.5. The molecule has 0 spiro atoms. The number of carbonyl (C=O) groups is 2. The van der Waals surface area contributed by atoms with E-state index in [1.54, 1.807) is 0 Å². The summed E-state index contributed by atoms with van der Waals surface area (Å²) in [5.74, 6) is -0.645. The van der Waals surface area contributed by atoms with E-state index >= 15 is 0 Å². The average molecular weight is 396 g/mol. The first-order valence-corrected chi connectivity index (χ1v) is 10.1. The van der Waals surface area contributed by atoms with E-state index in [9.17, 15) is 9.59 Å². The van der Waals surface area contributed by atoms with Gasteiger partial charge in [-0.2, -0.15) is 0 Å². The molecule has 3 rings (SSSR count). The lowest BCUT2D eigenvalue weighted by Gasteiger charge is -2.22. The SMILES string of the molecule is O=C(O)CCC(Cc1ccccc1)NC(=O)NCC1CCOC1c1ccccc1. The van der Waals surface area contributed by atoms with Gasteiger partial charge in [0.25, 0.3) is 0 Å². The van der Waals surface area contributed by atoms with Crippen molar-refractivity contribution < 1.29 is 19.4 Å². The molecule has 3 unspecified atom stereocenters. The van der Waals surface area contributed by atoms with Crippen molar-refractivity contribution in [2.24, 2.45) is 5.92 Å². The number of hydrogen-bond acceptors (Lipinski definition) is 3. The summed E-state index contributed by atoms with van der Waals surface area (Å²) in [6, 6.07) is 19.3. The second-order valence-electron chi connectivity index (χ2n) is 7.42. The summed E-state index contributed by atoms with van der Waals surface area (Å²) in [6.45, 7) is 1.20. The van der Waals surface area contributed by atoms with Gasteiger partial charge in [0.05, 0.1) is 6.10 Å². The van der Waals surface area contributed by atoms with Crippen LogP contribution in [0, 0.1) is 5.92 Å². The van der Waals surface area contributed by atoms with Crippen molar-refractivity contribution in [1.29, 1.82) is 0 Å². The molecule has 6 heteroatoms. The van der Waals surface area contributed by atoms with Crippen molar-refractivity contribution in [3.8, 4) is 0 Å². The summed E-state index contributed by atoms with van der Waals surface area (Å²) in [5, 5.41) is 14.9. The molecule has 1 aliphatic heterocycles. The topological polar surface area (TPSA) is 87.7 Å². The molecule has 0 saturated carbocycles. The molecule has 6 nitrogen and oxygen atoms in total. The lowest BCUT2D eigenvalue weighted by Crippen LogP contribution is -2.45. The second kappa shape index (κ2) is 10.6. The summed E-state index contributed by atoms with van der Waals surface area (Å²) in [4.78, 5) is 23.4. The number of amides is 2. The number of aliphatic carboxylic acids is 1. The molecule has 0 aliphatic carbocycles. The second-order valence-corrected chi connectivity index (χ2v) is 7.42. The molecular weight excluding hydrogens is 368 g/mol. The largest absolute Gasteiger partial charge is 0.481 e. The van der Waals surface area contributed by atoms with Crippen LogP contribution in [0.3, 0.4) is 0 Å². The van der Waals surface area contributed by atoms with Crippen LogP contribution in [-0.2, 0) is 16.0 Å². The summed E-state index contributed by atoms with van der Waals surface area (Å²) in [7, 11) is 0. The van der Waals surface area contributed by atoms with E-state index < -0.39 is 5.97 Å². The molecule has 29 heavy (non-hydrogen) atoms.